The standard InChI is InChI=1S/C16H19N3OS/c1-11-14-6-8-21-15(14)5-7-19(11)10-12-3-2-4-13(9-12)16(20)18-17/h2-4,6,8-9,11H,5,7,10,17H2,1H3,(H,18,20). The lowest BCUT2D eigenvalue weighted by atomic mass is 10.0. The zero-order valence-corrected chi connectivity index (χ0v) is 12.8. The summed E-state index contributed by atoms with van der Waals surface area (Å²) in [7, 11) is 0. The van der Waals surface area contributed by atoms with E-state index in [4.69, 9.17) is 5.84 Å². The van der Waals surface area contributed by atoms with Crippen molar-refractivity contribution in [1.82, 2.24) is 10.3 Å². The van der Waals surface area contributed by atoms with Crippen molar-refractivity contribution in [2.24, 2.45) is 5.84 Å². The molecule has 0 saturated carbocycles. The van der Waals surface area contributed by atoms with Crippen LogP contribution in [0, 0.1) is 0 Å². The van der Waals surface area contributed by atoms with Crippen LogP contribution in [-0.2, 0) is 13.0 Å². The van der Waals surface area contributed by atoms with Crippen molar-refractivity contribution in [3.05, 3.63) is 57.3 Å². The molecule has 1 aliphatic heterocycles. The number of carbonyl (C=O) groups excluding carboxylic acids is 1. The first-order valence-corrected chi connectivity index (χ1v) is 7.97. The zero-order chi connectivity index (χ0) is 14.8. The Kier molecular flexibility index (Phi) is 4.05. The predicted molar refractivity (Wildman–Crippen MR) is 84.9 cm³/mol. The summed E-state index contributed by atoms with van der Waals surface area (Å²) in [6.45, 7) is 4.16. The van der Waals surface area contributed by atoms with Crippen LogP contribution in [0.3, 0.4) is 0 Å². The largest absolute Gasteiger partial charge is 0.292 e. The lowest BCUT2D eigenvalue weighted by Crippen LogP contribution is -2.33. The third-order valence-corrected chi connectivity index (χ3v) is 5.11. The Hall–Kier alpha value is -1.69. The van der Waals surface area contributed by atoms with Crippen LogP contribution in [0.4, 0.5) is 0 Å². The molecule has 2 heterocycles. The average Bonchev–Trinajstić information content (AvgIpc) is 2.99. The van der Waals surface area contributed by atoms with Gasteiger partial charge in [-0.1, -0.05) is 12.1 Å². The van der Waals surface area contributed by atoms with Gasteiger partial charge in [0.25, 0.3) is 5.91 Å². The van der Waals surface area contributed by atoms with E-state index in [0.29, 0.717) is 11.6 Å². The molecular formula is C16H19N3OS. The minimum absolute atomic E-state index is 0.247. The van der Waals surface area contributed by atoms with Crippen molar-refractivity contribution in [3.8, 4) is 0 Å². The first kappa shape index (κ1) is 14.3. The highest BCUT2D eigenvalue weighted by Gasteiger charge is 2.24. The number of thiophene rings is 1. The van der Waals surface area contributed by atoms with Crippen LogP contribution in [0.25, 0.3) is 0 Å². The van der Waals surface area contributed by atoms with E-state index in [0.717, 1.165) is 25.1 Å². The van der Waals surface area contributed by atoms with E-state index < -0.39 is 0 Å². The summed E-state index contributed by atoms with van der Waals surface area (Å²) in [4.78, 5) is 15.6. The third-order valence-electron chi connectivity index (χ3n) is 4.11. The first-order valence-electron chi connectivity index (χ1n) is 7.09. The maximum atomic E-state index is 11.6. The van der Waals surface area contributed by atoms with Crippen LogP contribution in [0.1, 0.15) is 39.3 Å². The molecule has 3 N–H and O–H groups in total. The maximum Gasteiger partial charge on any atom is 0.265 e. The molecule has 5 heteroatoms. The molecule has 1 aliphatic rings. The fourth-order valence-electron chi connectivity index (χ4n) is 2.91. The molecule has 0 fully saturated rings. The molecule has 21 heavy (non-hydrogen) atoms. The minimum atomic E-state index is -0.247. The van der Waals surface area contributed by atoms with E-state index in [2.05, 4.69) is 34.8 Å². The Morgan fingerprint density at radius 1 is 1.48 bits per heavy atom. The van der Waals surface area contributed by atoms with E-state index in [-0.39, 0.29) is 5.91 Å². The molecule has 1 aromatic heterocycles. The fourth-order valence-corrected chi connectivity index (χ4v) is 3.87. The number of hydrazine groups is 1. The zero-order valence-electron chi connectivity index (χ0n) is 12.0. The number of nitrogens with one attached hydrogen (secondary N) is 1. The van der Waals surface area contributed by atoms with Gasteiger partial charge in [-0.3, -0.25) is 15.1 Å². The number of hydrogen-bond donors (Lipinski definition) is 2. The summed E-state index contributed by atoms with van der Waals surface area (Å²) in [5, 5.41) is 2.18. The highest BCUT2D eigenvalue weighted by molar-refractivity contribution is 7.10. The molecule has 0 saturated heterocycles. The summed E-state index contributed by atoms with van der Waals surface area (Å²) >= 11 is 1.85. The second-order valence-electron chi connectivity index (χ2n) is 5.37. The number of nitrogens with two attached hydrogens (primary N) is 1. The summed E-state index contributed by atoms with van der Waals surface area (Å²) < 4.78 is 0. The van der Waals surface area contributed by atoms with Crippen molar-refractivity contribution >= 4 is 17.2 Å². The van der Waals surface area contributed by atoms with Gasteiger partial charge in [-0.2, -0.15) is 0 Å². The van der Waals surface area contributed by atoms with Crippen LogP contribution in [-0.4, -0.2) is 17.4 Å². The molecule has 0 aliphatic carbocycles. The number of fused-ring (bicyclic) bond motifs is 1. The van der Waals surface area contributed by atoms with E-state index in [1.54, 1.807) is 6.07 Å². The molecule has 0 spiro atoms. The van der Waals surface area contributed by atoms with Gasteiger partial charge in [0.15, 0.2) is 0 Å². The van der Waals surface area contributed by atoms with E-state index >= 15 is 0 Å². The first-order chi connectivity index (χ1) is 10.2. The third kappa shape index (κ3) is 2.85. The molecule has 1 aromatic carbocycles. The number of nitrogens with zero attached hydrogens (tertiary/aromatic N) is 1. The summed E-state index contributed by atoms with van der Waals surface area (Å²) in [5.74, 6) is 4.95. The number of nitrogen functional groups attached to an aromatic ring is 1. The van der Waals surface area contributed by atoms with Crippen molar-refractivity contribution in [3.63, 3.8) is 0 Å². The van der Waals surface area contributed by atoms with Gasteiger partial charge in [0.2, 0.25) is 0 Å². The molecule has 1 amide bonds. The second-order valence-corrected chi connectivity index (χ2v) is 6.37. The van der Waals surface area contributed by atoms with Crippen LogP contribution in [0.15, 0.2) is 35.7 Å². The van der Waals surface area contributed by atoms with E-state index in [1.807, 2.05) is 23.5 Å². The maximum absolute atomic E-state index is 11.6. The topological polar surface area (TPSA) is 58.4 Å². The van der Waals surface area contributed by atoms with Gasteiger partial charge in [0, 0.05) is 29.6 Å². The fraction of sp³-hybridized carbons (Fsp3) is 0.312. The summed E-state index contributed by atoms with van der Waals surface area (Å²) in [6, 6.07) is 10.3. The average molecular weight is 301 g/mol. The van der Waals surface area contributed by atoms with E-state index in [1.165, 1.54) is 10.4 Å². The summed E-state index contributed by atoms with van der Waals surface area (Å²) in [6.07, 6.45) is 1.11. The lowest BCUT2D eigenvalue weighted by Gasteiger charge is -2.33. The predicted octanol–water partition coefficient (Wildman–Crippen LogP) is 2.47. The number of hydrogen-bond acceptors (Lipinski definition) is 4. The second kappa shape index (κ2) is 5.97. The van der Waals surface area contributed by atoms with Gasteiger partial charge in [0.05, 0.1) is 0 Å². The number of amides is 1. The molecule has 110 valence electrons. The normalized spacial score (nSPS) is 18.3. The van der Waals surface area contributed by atoms with Gasteiger partial charge in [-0.25, -0.2) is 5.84 Å². The Labute approximate surface area is 128 Å². The quantitative estimate of drug-likeness (QED) is 0.520. The number of rotatable bonds is 3. The van der Waals surface area contributed by atoms with Crippen LogP contribution in [0.2, 0.25) is 0 Å². The van der Waals surface area contributed by atoms with Crippen molar-refractivity contribution in [2.75, 3.05) is 6.54 Å². The summed E-state index contributed by atoms with van der Waals surface area (Å²) in [5.41, 5.74) is 5.37. The highest BCUT2D eigenvalue weighted by Crippen LogP contribution is 2.33. The molecule has 0 radical (unpaired) electrons. The molecular weight excluding hydrogens is 282 g/mol. The Balaban J connectivity index is 1.77. The molecule has 4 nitrogen and oxygen atoms in total. The molecule has 2 aromatic rings. The highest BCUT2D eigenvalue weighted by atomic mass is 32.1. The van der Waals surface area contributed by atoms with Crippen LogP contribution < -0.4 is 11.3 Å². The molecule has 1 unspecified atom stereocenters. The Morgan fingerprint density at radius 3 is 3.14 bits per heavy atom. The van der Waals surface area contributed by atoms with Gasteiger partial charge in [0.1, 0.15) is 0 Å². The minimum Gasteiger partial charge on any atom is -0.292 e. The van der Waals surface area contributed by atoms with Gasteiger partial charge >= 0.3 is 0 Å². The lowest BCUT2D eigenvalue weighted by molar-refractivity contribution is 0.0953. The van der Waals surface area contributed by atoms with Crippen molar-refractivity contribution in [1.29, 1.82) is 0 Å². The Morgan fingerprint density at radius 2 is 2.33 bits per heavy atom. The van der Waals surface area contributed by atoms with E-state index in [9.17, 15) is 4.79 Å². The Bertz CT molecular complexity index is 652. The molecule has 1 atom stereocenters. The number of benzene rings is 1. The SMILES string of the molecule is CC1c2ccsc2CCN1Cc1cccc(C(=O)NN)c1. The van der Waals surface area contributed by atoms with Crippen molar-refractivity contribution in [2.45, 2.75) is 25.9 Å². The smallest absolute Gasteiger partial charge is 0.265 e. The van der Waals surface area contributed by atoms with Crippen LogP contribution >= 0.6 is 11.3 Å². The molecule has 0 bridgehead atoms. The van der Waals surface area contributed by atoms with Gasteiger partial charge < -0.3 is 0 Å². The van der Waals surface area contributed by atoms with Gasteiger partial charge in [-0.15, -0.1) is 11.3 Å². The van der Waals surface area contributed by atoms with Crippen molar-refractivity contribution < 1.29 is 4.79 Å². The monoisotopic (exact) mass is 301 g/mol. The van der Waals surface area contributed by atoms with Crippen LogP contribution in [0.5, 0.6) is 0 Å². The molecule has 3 rings (SSSR count). The van der Waals surface area contributed by atoms with Gasteiger partial charge in [-0.05, 0) is 48.1 Å². The number of carbonyl (C=O) groups is 1.